The van der Waals surface area contributed by atoms with Crippen LogP contribution in [0.2, 0.25) is 0 Å². The average Bonchev–Trinajstić information content (AvgIpc) is 3.25. The molecule has 0 atom stereocenters. The molecule has 1 aliphatic rings. The monoisotopic (exact) mass is 984 g/mol. The van der Waals surface area contributed by atoms with Gasteiger partial charge in [-0.3, -0.25) is 13.9 Å². The summed E-state index contributed by atoms with van der Waals surface area (Å²) >= 11 is 3.54. The number of hydrogen-bond acceptors (Lipinski definition) is 14. The molecule has 0 fully saturated rings. The number of benzene rings is 2. The fraction of sp³-hybridized carbons (Fsp3) is 0.478. The summed E-state index contributed by atoms with van der Waals surface area (Å²) in [6, 6.07) is 17.4. The van der Waals surface area contributed by atoms with Gasteiger partial charge in [0.15, 0.2) is 0 Å². The molecule has 0 unspecified atom stereocenters. The highest BCUT2D eigenvalue weighted by atomic mass is 32.2. The molecular formula is C46H64N8O8S4. The summed E-state index contributed by atoms with van der Waals surface area (Å²) in [7, 11) is -4.41. The minimum Gasteiger partial charge on any atom is -0.744 e. The highest BCUT2D eigenvalue weighted by molar-refractivity contribution is 7.99. The maximum absolute atomic E-state index is 13.2. The van der Waals surface area contributed by atoms with Crippen molar-refractivity contribution in [2.45, 2.75) is 126 Å². The molecule has 2 N–H and O–H groups in total. The second-order valence-corrected chi connectivity index (χ2v) is 21.1. The van der Waals surface area contributed by atoms with Crippen LogP contribution in [-0.2, 0) is 47.4 Å². The third-order valence-corrected chi connectivity index (χ3v) is 14.8. The number of nitrogens with one attached hydrogen (secondary N) is 2. The highest BCUT2D eigenvalue weighted by Crippen LogP contribution is 2.19. The molecule has 0 aliphatic carbocycles. The second-order valence-electron chi connectivity index (χ2n) is 16.2. The Balaban J connectivity index is 0.000000350. The lowest BCUT2D eigenvalue weighted by molar-refractivity contribution is -0.718. The van der Waals surface area contributed by atoms with Crippen molar-refractivity contribution in [1.29, 1.82) is 0 Å². The first-order chi connectivity index (χ1) is 31.2. The standard InChI is InChI=1S/C32H48N8O2S2.2C7H8O3S/c1-24-21-27-33-15-9-6-10-16-34-28-22-25(2)38(5)31(36-28)44-20-14-8-12-18-40-29(41)23-26(3)39(32(40)42)17-11-7-13-19-43-30(35-27)37(24)4;2*1-6-2-4-7(5-3-6)11(8,9)10/h21-23H,6-20H2,1-5H3;2*2-5H,1H3,(H,8,9,10). The Morgan fingerprint density at radius 3 is 1.36 bits per heavy atom. The SMILES string of the molecule is Cc1cc(=O)n2c(=O)n1CCCCCSc1nc(cc(C)[n+]1C)NCCCCCNc1cc(C)[n+](C)c(n1)SCCCCC2.Cc1ccc(S(=O)(=O)[O-])cc1.Cc1ccc(S(=O)(=O)[O-])cc1. The summed E-state index contributed by atoms with van der Waals surface area (Å²) < 4.78 is 69.8. The minimum absolute atomic E-state index is 0.178. The van der Waals surface area contributed by atoms with Crippen molar-refractivity contribution in [1.82, 2.24) is 19.1 Å². The van der Waals surface area contributed by atoms with Crippen LogP contribution in [0.25, 0.3) is 0 Å². The van der Waals surface area contributed by atoms with Crippen molar-refractivity contribution >= 4 is 55.4 Å². The van der Waals surface area contributed by atoms with Crippen molar-refractivity contribution in [3.8, 4) is 0 Å². The van der Waals surface area contributed by atoms with E-state index in [0.717, 1.165) is 121 Å². The van der Waals surface area contributed by atoms with E-state index in [1.54, 1.807) is 58.4 Å². The number of nitrogens with zero attached hydrogens (tertiary/aromatic N) is 6. The van der Waals surface area contributed by atoms with Crippen molar-refractivity contribution in [3.63, 3.8) is 0 Å². The zero-order valence-electron chi connectivity index (χ0n) is 39.0. The molecule has 5 aromatic rings. The highest BCUT2D eigenvalue weighted by Gasteiger charge is 2.18. The van der Waals surface area contributed by atoms with E-state index in [0.29, 0.717) is 13.1 Å². The van der Waals surface area contributed by atoms with Gasteiger partial charge in [0.1, 0.15) is 31.6 Å². The molecule has 0 saturated heterocycles. The quantitative estimate of drug-likeness (QED) is 0.116. The molecule has 66 heavy (non-hydrogen) atoms. The summed E-state index contributed by atoms with van der Waals surface area (Å²) in [6.45, 7) is 12.6. The van der Waals surface area contributed by atoms with Crippen LogP contribution in [0.4, 0.5) is 11.6 Å². The summed E-state index contributed by atoms with van der Waals surface area (Å²) in [5, 5.41) is 9.06. The number of fused-ring (bicyclic) bond motifs is 6. The molecule has 0 amide bonds. The molecule has 0 radical (unpaired) electrons. The Hall–Kier alpha value is -4.60. The number of rotatable bonds is 2. The first-order valence-corrected chi connectivity index (χ1v) is 26.9. The van der Waals surface area contributed by atoms with E-state index < -0.39 is 20.2 Å². The second kappa shape index (κ2) is 26.1. The van der Waals surface area contributed by atoms with Gasteiger partial charge in [-0.05, 0) is 137 Å². The van der Waals surface area contributed by atoms with E-state index >= 15 is 0 Å². The van der Waals surface area contributed by atoms with E-state index in [9.17, 15) is 35.5 Å². The Labute approximate surface area is 398 Å². The third-order valence-electron chi connectivity index (χ3n) is 10.8. The van der Waals surface area contributed by atoms with Crippen LogP contribution in [0, 0.1) is 34.6 Å². The molecule has 4 heterocycles. The van der Waals surface area contributed by atoms with Gasteiger partial charge in [0.2, 0.25) is 11.6 Å². The van der Waals surface area contributed by atoms with Crippen LogP contribution in [0.15, 0.2) is 96.4 Å². The predicted molar refractivity (Wildman–Crippen MR) is 258 cm³/mol. The topological polar surface area (TPSA) is 216 Å². The molecule has 1 aliphatic heterocycles. The Morgan fingerprint density at radius 1 is 0.561 bits per heavy atom. The van der Waals surface area contributed by atoms with Gasteiger partial charge in [-0.25, -0.2) is 30.8 Å². The largest absolute Gasteiger partial charge is 0.744 e. The summed E-state index contributed by atoms with van der Waals surface area (Å²) in [6.07, 6.45) is 9.01. The maximum atomic E-state index is 13.2. The zero-order chi connectivity index (χ0) is 48.4. The molecule has 2 aromatic carbocycles. The summed E-state index contributed by atoms with van der Waals surface area (Å²) in [5.41, 5.74) is 4.56. The summed E-state index contributed by atoms with van der Waals surface area (Å²) in [4.78, 5) is 35.3. The van der Waals surface area contributed by atoms with Gasteiger partial charge in [-0.1, -0.05) is 48.2 Å². The lowest BCUT2D eigenvalue weighted by Gasteiger charge is -2.13. The van der Waals surface area contributed by atoms with Gasteiger partial charge >= 0.3 is 16.0 Å². The van der Waals surface area contributed by atoms with Crippen LogP contribution in [-0.4, -0.2) is 69.6 Å². The number of hydrogen-bond donors (Lipinski definition) is 2. The van der Waals surface area contributed by atoms with Gasteiger partial charge in [-0.15, -0.1) is 0 Å². The van der Waals surface area contributed by atoms with Gasteiger partial charge in [0, 0.05) is 61.6 Å². The van der Waals surface area contributed by atoms with E-state index in [1.165, 1.54) is 40.2 Å². The van der Waals surface area contributed by atoms with Crippen LogP contribution >= 0.6 is 23.5 Å². The molecule has 0 saturated carbocycles. The van der Waals surface area contributed by atoms with Crippen LogP contribution in [0.5, 0.6) is 0 Å². The Bertz CT molecular complexity index is 2640. The van der Waals surface area contributed by atoms with Crippen LogP contribution < -0.4 is 31.0 Å². The first kappa shape index (κ1) is 54.0. The molecule has 16 nitrogen and oxygen atoms in total. The van der Waals surface area contributed by atoms with Crippen molar-refractivity contribution < 1.29 is 35.1 Å². The van der Waals surface area contributed by atoms with Crippen LogP contribution in [0.1, 0.15) is 86.0 Å². The normalized spacial score (nSPS) is 14.9. The number of aryl methyl sites for hydroxylation is 5. The molecule has 6 bridgehead atoms. The van der Waals surface area contributed by atoms with Crippen molar-refractivity contribution in [2.24, 2.45) is 14.1 Å². The van der Waals surface area contributed by atoms with E-state index in [4.69, 9.17) is 9.97 Å². The van der Waals surface area contributed by atoms with Crippen molar-refractivity contribution in [2.75, 3.05) is 35.2 Å². The molecule has 3 aromatic heterocycles. The average molecular weight is 985 g/mol. The lowest BCUT2D eigenvalue weighted by Crippen LogP contribution is -2.40. The number of aromatic nitrogens is 6. The smallest absolute Gasteiger partial charge is 0.361 e. The van der Waals surface area contributed by atoms with E-state index in [1.807, 2.05) is 20.8 Å². The molecular weight excluding hydrogens is 921 g/mol. The van der Waals surface area contributed by atoms with Gasteiger partial charge < -0.3 is 19.7 Å². The molecule has 0 spiro atoms. The third kappa shape index (κ3) is 17.6. The zero-order valence-corrected chi connectivity index (χ0v) is 42.3. The molecule has 360 valence electrons. The van der Waals surface area contributed by atoms with Gasteiger partial charge in [0.05, 0.1) is 23.9 Å². The Kier molecular flexibility index (Phi) is 21.3. The predicted octanol–water partition coefficient (Wildman–Crippen LogP) is 6.11. The molecule has 6 rings (SSSR count). The molecule has 20 heteroatoms. The van der Waals surface area contributed by atoms with Gasteiger partial charge in [0.25, 0.3) is 5.56 Å². The Morgan fingerprint density at radius 2 is 0.955 bits per heavy atom. The van der Waals surface area contributed by atoms with Gasteiger partial charge in [-0.2, -0.15) is 0 Å². The fourth-order valence-electron chi connectivity index (χ4n) is 6.65. The number of thioether (sulfide) groups is 2. The maximum Gasteiger partial charge on any atom is 0.361 e. The minimum atomic E-state index is -4.27. The summed E-state index contributed by atoms with van der Waals surface area (Å²) in [5.74, 6) is 3.77. The van der Waals surface area contributed by atoms with E-state index in [2.05, 4.69) is 59.8 Å². The van der Waals surface area contributed by atoms with Crippen LogP contribution in [0.3, 0.4) is 0 Å². The van der Waals surface area contributed by atoms with E-state index in [-0.39, 0.29) is 21.0 Å². The van der Waals surface area contributed by atoms with Crippen molar-refractivity contribution in [3.05, 3.63) is 116 Å². The number of anilines is 2. The first-order valence-electron chi connectivity index (χ1n) is 22.1. The lowest BCUT2D eigenvalue weighted by atomic mass is 10.2. The fourth-order valence-corrected chi connectivity index (χ4v) is 9.65.